The van der Waals surface area contributed by atoms with Crippen LogP contribution in [0.15, 0.2) is 42.7 Å². The second kappa shape index (κ2) is 4.26. The van der Waals surface area contributed by atoms with E-state index in [0.29, 0.717) is 0 Å². The molecule has 3 aromatic rings. The number of nitrogens with zero attached hydrogens (tertiary/aromatic N) is 3. The lowest BCUT2D eigenvalue weighted by Gasteiger charge is -2.06. The van der Waals surface area contributed by atoms with Crippen molar-refractivity contribution in [2.45, 2.75) is 20.4 Å². The first-order valence-corrected chi connectivity index (χ1v) is 6.07. The minimum atomic E-state index is 0.775. The Bertz CT molecular complexity index is 698. The average molecular weight is 237 g/mol. The van der Waals surface area contributed by atoms with Crippen LogP contribution >= 0.6 is 0 Å². The molecule has 0 saturated heterocycles. The van der Waals surface area contributed by atoms with Gasteiger partial charge in [0.1, 0.15) is 0 Å². The highest BCUT2D eigenvalue weighted by molar-refractivity contribution is 5.78. The Morgan fingerprint density at radius 2 is 1.89 bits per heavy atom. The van der Waals surface area contributed by atoms with Crippen molar-refractivity contribution in [1.29, 1.82) is 0 Å². The molecule has 2 aromatic heterocycles. The largest absolute Gasteiger partial charge is 0.329 e. The van der Waals surface area contributed by atoms with Crippen LogP contribution in [-0.2, 0) is 6.54 Å². The van der Waals surface area contributed by atoms with Gasteiger partial charge in [-0.2, -0.15) is 0 Å². The molecule has 0 atom stereocenters. The summed E-state index contributed by atoms with van der Waals surface area (Å²) in [5, 5.41) is 1.18. The van der Waals surface area contributed by atoms with Crippen LogP contribution in [0.5, 0.6) is 0 Å². The highest BCUT2D eigenvalue weighted by Crippen LogP contribution is 2.13. The summed E-state index contributed by atoms with van der Waals surface area (Å²) in [6.45, 7) is 4.89. The molecule has 1 aromatic carbocycles. The Morgan fingerprint density at radius 3 is 2.67 bits per heavy atom. The van der Waals surface area contributed by atoms with Crippen LogP contribution in [-0.4, -0.2) is 14.5 Å². The summed E-state index contributed by atoms with van der Waals surface area (Å²) < 4.78 is 2.13. The summed E-state index contributed by atoms with van der Waals surface area (Å²) in [6.07, 6.45) is 1.88. The number of hydrogen-bond donors (Lipinski definition) is 0. The van der Waals surface area contributed by atoms with E-state index in [4.69, 9.17) is 0 Å². The lowest BCUT2D eigenvalue weighted by atomic mass is 10.2. The van der Waals surface area contributed by atoms with E-state index in [1.165, 1.54) is 11.1 Å². The van der Waals surface area contributed by atoms with E-state index in [1.807, 2.05) is 31.5 Å². The minimum Gasteiger partial charge on any atom is -0.329 e. The predicted molar refractivity (Wildman–Crippen MR) is 72.5 cm³/mol. The predicted octanol–water partition coefficient (Wildman–Crippen LogP) is 3.10. The normalized spacial score (nSPS) is 11.0. The lowest BCUT2D eigenvalue weighted by molar-refractivity contribution is 0.751. The van der Waals surface area contributed by atoms with E-state index >= 15 is 0 Å². The molecule has 0 bridgehead atoms. The first kappa shape index (κ1) is 11.0. The standard InChI is InChI=1S/C15H15N3/c1-11-12(2)18(10-16-11)9-14-8-7-13-5-3-4-6-15(13)17-14/h3-8,10H,9H2,1-2H3. The van der Waals surface area contributed by atoms with E-state index in [9.17, 15) is 0 Å². The maximum Gasteiger partial charge on any atom is 0.0955 e. The van der Waals surface area contributed by atoms with E-state index in [1.54, 1.807) is 0 Å². The molecule has 0 aliphatic heterocycles. The molecule has 18 heavy (non-hydrogen) atoms. The van der Waals surface area contributed by atoms with Crippen molar-refractivity contribution in [2.75, 3.05) is 0 Å². The molecule has 0 radical (unpaired) electrons. The highest BCUT2D eigenvalue weighted by atomic mass is 15.1. The van der Waals surface area contributed by atoms with Gasteiger partial charge in [-0.1, -0.05) is 24.3 Å². The molecule has 0 saturated carbocycles. The molecular formula is C15H15N3. The zero-order chi connectivity index (χ0) is 12.5. The van der Waals surface area contributed by atoms with Crippen molar-refractivity contribution >= 4 is 10.9 Å². The van der Waals surface area contributed by atoms with Gasteiger partial charge in [0.15, 0.2) is 0 Å². The van der Waals surface area contributed by atoms with Gasteiger partial charge in [-0.3, -0.25) is 4.98 Å². The van der Waals surface area contributed by atoms with Crippen molar-refractivity contribution in [2.24, 2.45) is 0 Å². The number of imidazole rings is 1. The number of aryl methyl sites for hydroxylation is 1. The topological polar surface area (TPSA) is 30.7 Å². The molecule has 0 fully saturated rings. The van der Waals surface area contributed by atoms with Crippen LogP contribution in [0.3, 0.4) is 0 Å². The number of pyridine rings is 1. The third-order valence-corrected chi connectivity index (χ3v) is 3.33. The minimum absolute atomic E-state index is 0.775. The number of hydrogen-bond acceptors (Lipinski definition) is 2. The summed E-state index contributed by atoms with van der Waals surface area (Å²) in [5.41, 5.74) is 4.39. The fourth-order valence-electron chi connectivity index (χ4n) is 2.07. The molecule has 3 nitrogen and oxygen atoms in total. The fourth-order valence-corrected chi connectivity index (χ4v) is 2.07. The molecule has 0 aliphatic carbocycles. The van der Waals surface area contributed by atoms with Gasteiger partial charge in [-0.25, -0.2) is 4.98 Å². The molecule has 0 amide bonds. The molecule has 90 valence electrons. The van der Waals surface area contributed by atoms with Gasteiger partial charge in [-0.15, -0.1) is 0 Å². The molecule has 3 rings (SSSR count). The van der Waals surface area contributed by atoms with Crippen molar-refractivity contribution in [1.82, 2.24) is 14.5 Å². The number of para-hydroxylation sites is 1. The van der Waals surface area contributed by atoms with Crippen LogP contribution < -0.4 is 0 Å². The van der Waals surface area contributed by atoms with Crippen LogP contribution in [0.1, 0.15) is 17.1 Å². The van der Waals surface area contributed by atoms with Gasteiger partial charge in [-0.05, 0) is 26.0 Å². The lowest BCUT2D eigenvalue weighted by Crippen LogP contribution is -2.02. The van der Waals surface area contributed by atoms with Crippen molar-refractivity contribution in [3.8, 4) is 0 Å². The summed E-state index contributed by atoms with van der Waals surface area (Å²) >= 11 is 0. The Hall–Kier alpha value is -2.16. The molecule has 0 aliphatic rings. The first-order valence-electron chi connectivity index (χ1n) is 6.07. The van der Waals surface area contributed by atoms with Crippen molar-refractivity contribution in [3.05, 3.63) is 59.8 Å². The molecular weight excluding hydrogens is 222 g/mol. The third-order valence-electron chi connectivity index (χ3n) is 3.33. The highest BCUT2D eigenvalue weighted by Gasteiger charge is 2.04. The van der Waals surface area contributed by atoms with Gasteiger partial charge >= 0.3 is 0 Å². The maximum atomic E-state index is 4.67. The van der Waals surface area contributed by atoms with E-state index in [0.717, 1.165) is 23.4 Å². The SMILES string of the molecule is Cc1ncn(Cc2ccc3ccccc3n2)c1C. The van der Waals surface area contributed by atoms with E-state index in [-0.39, 0.29) is 0 Å². The molecule has 0 unspecified atom stereocenters. The first-order chi connectivity index (χ1) is 8.74. The number of benzene rings is 1. The second-order valence-electron chi connectivity index (χ2n) is 4.54. The molecule has 0 N–H and O–H groups in total. The maximum absolute atomic E-state index is 4.67. The Labute approximate surface area is 106 Å². The number of fused-ring (bicyclic) bond motifs is 1. The van der Waals surface area contributed by atoms with E-state index in [2.05, 4.69) is 39.7 Å². The molecule has 3 heteroatoms. The van der Waals surface area contributed by atoms with Crippen LogP contribution in [0, 0.1) is 13.8 Å². The second-order valence-corrected chi connectivity index (χ2v) is 4.54. The van der Waals surface area contributed by atoms with Gasteiger partial charge in [0.25, 0.3) is 0 Å². The number of rotatable bonds is 2. The fraction of sp³-hybridized carbons (Fsp3) is 0.200. The zero-order valence-corrected chi connectivity index (χ0v) is 10.6. The van der Waals surface area contributed by atoms with Crippen molar-refractivity contribution in [3.63, 3.8) is 0 Å². The van der Waals surface area contributed by atoms with Gasteiger partial charge in [0.05, 0.1) is 29.8 Å². The average Bonchev–Trinajstić information content (AvgIpc) is 2.71. The number of aromatic nitrogens is 3. The van der Waals surface area contributed by atoms with Crippen LogP contribution in [0.2, 0.25) is 0 Å². The third kappa shape index (κ3) is 1.88. The van der Waals surface area contributed by atoms with Gasteiger partial charge < -0.3 is 4.57 Å². The molecule has 0 spiro atoms. The Balaban J connectivity index is 1.98. The van der Waals surface area contributed by atoms with Gasteiger partial charge in [0.2, 0.25) is 0 Å². The zero-order valence-electron chi connectivity index (χ0n) is 10.6. The summed E-state index contributed by atoms with van der Waals surface area (Å²) in [7, 11) is 0. The monoisotopic (exact) mass is 237 g/mol. The summed E-state index contributed by atoms with van der Waals surface area (Å²) in [4.78, 5) is 8.98. The van der Waals surface area contributed by atoms with Crippen LogP contribution in [0.25, 0.3) is 10.9 Å². The van der Waals surface area contributed by atoms with Gasteiger partial charge in [0, 0.05) is 11.1 Å². The quantitative estimate of drug-likeness (QED) is 0.685. The molecule has 2 heterocycles. The summed E-state index contributed by atoms with van der Waals surface area (Å²) in [6, 6.07) is 12.4. The Kier molecular flexibility index (Phi) is 2.59. The van der Waals surface area contributed by atoms with Crippen LogP contribution in [0.4, 0.5) is 0 Å². The smallest absolute Gasteiger partial charge is 0.0955 e. The summed E-state index contributed by atoms with van der Waals surface area (Å²) in [5.74, 6) is 0. The van der Waals surface area contributed by atoms with E-state index < -0.39 is 0 Å². The Morgan fingerprint density at radius 1 is 1.06 bits per heavy atom. The van der Waals surface area contributed by atoms with Crippen molar-refractivity contribution < 1.29 is 0 Å².